The molecule has 1 aromatic rings. The molecule has 0 saturated carbocycles. The molecule has 0 bridgehead atoms. The topological polar surface area (TPSA) is 49.2 Å². The number of carbonyl (C=O) groups is 1. The van der Waals surface area contributed by atoms with Gasteiger partial charge >= 0.3 is 5.97 Å². The fraction of sp³-hybridized carbons (Fsp3) is 0.500. The number of rotatable bonds is 7. The van der Waals surface area contributed by atoms with Gasteiger partial charge in [0.05, 0.1) is 47.0 Å². The number of ether oxygens (including phenoxy) is 3. The Balaban J connectivity index is 0.00000361. The Kier molecular flexibility index (Phi) is 8.76. The third kappa shape index (κ3) is 5.67. The van der Waals surface area contributed by atoms with Crippen molar-refractivity contribution < 1.29 is 36.3 Å². The number of benzene rings is 1. The Morgan fingerprint density at radius 1 is 1.15 bits per heavy atom. The lowest BCUT2D eigenvalue weighted by Gasteiger charge is -2.10. The predicted molar refractivity (Wildman–Crippen MR) is 72.1 cm³/mol. The summed E-state index contributed by atoms with van der Waals surface area (Å²) in [5.74, 6) is 0.777. The number of esters is 1. The van der Waals surface area contributed by atoms with Gasteiger partial charge in [-0.3, -0.25) is 0 Å². The van der Waals surface area contributed by atoms with Gasteiger partial charge in [0, 0.05) is 6.42 Å². The lowest BCUT2D eigenvalue weighted by atomic mass is 10.2. The van der Waals surface area contributed by atoms with Gasteiger partial charge in [0.25, 0.3) is 0 Å². The fourth-order valence-corrected chi connectivity index (χ4v) is 1.64. The predicted octanol–water partition coefficient (Wildman–Crippen LogP) is -2.60. The maximum absolute atomic E-state index is 11.8. The SMILES string of the molecule is COc1ccc(C(=O)OCCC[NH+](C)C)cc1OC.[Cl-]. The zero-order valence-electron chi connectivity index (χ0n) is 12.4. The number of carbonyl (C=O) groups excluding carboxylic acids is 1. The average Bonchev–Trinajstić information content (AvgIpc) is 2.42. The molecule has 1 aromatic carbocycles. The number of nitrogens with one attached hydrogen (secondary N) is 1. The van der Waals surface area contributed by atoms with Crippen LogP contribution in [-0.4, -0.2) is 47.4 Å². The Morgan fingerprint density at radius 3 is 2.35 bits per heavy atom. The van der Waals surface area contributed by atoms with Crippen LogP contribution in [0.25, 0.3) is 0 Å². The molecule has 0 aliphatic carbocycles. The normalized spacial score (nSPS) is 9.85. The molecule has 0 radical (unpaired) electrons. The van der Waals surface area contributed by atoms with E-state index in [1.165, 1.54) is 12.0 Å². The van der Waals surface area contributed by atoms with Crippen molar-refractivity contribution in [3.63, 3.8) is 0 Å². The molecule has 6 heteroatoms. The average molecular weight is 304 g/mol. The molecule has 114 valence electrons. The van der Waals surface area contributed by atoms with E-state index in [1.807, 2.05) is 0 Å². The Labute approximate surface area is 126 Å². The minimum Gasteiger partial charge on any atom is -1.00 e. The lowest BCUT2D eigenvalue weighted by molar-refractivity contribution is -0.858. The summed E-state index contributed by atoms with van der Waals surface area (Å²) in [4.78, 5) is 13.2. The molecule has 0 heterocycles. The summed E-state index contributed by atoms with van der Waals surface area (Å²) in [5.41, 5.74) is 0.467. The summed E-state index contributed by atoms with van der Waals surface area (Å²) in [6.45, 7) is 1.40. The van der Waals surface area contributed by atoms with Crippen LogP contribution in [0.4, 0.5) is 0 Å². The number of halogens is 1. The largest absolute Gasteiger partial charge is 1.00 e. The third-order valence-corrected chi connectivity index (χ3v) is 2.67. The number of quaternary nitrogens is 1. The first kappa shape index (κ1) is 18.5. The van der Waals surface area contributed by atoms with Gasteiger partial charge < -0.3 is 31.5 Å². The number of hydrogen-bond donors (Lipinski definition) is 1. The highest BCUT2D eigenvalue weighted by Gasteiger charge is 2.11. The third-order valence-electron chi connectivity index (χ3n) is 2.67. The van der Waals surface area contributed by atoms with Crippen LogP contribution >= 0.6 is 0 Å². The van der Waals surface area contributed by atoms with Gasteiger partial charge in [-0.1, -0.05) is 0 Å². The second kappa shape index (κ2) is 9.44. The highest BCUT2D eigenvalue weighted by Crippen LogP contribution is 2.27. The smallest absolute Gasteiger partial charge is 0.338 e. The van der Waals surface area contributed by atoms with Crippen molar-refractivity contribution in [2.75, 3.05) is 41.5 Å². The van der Waals surface area contributed by atoms with Gasteiger partial charge in [-0.25, -0.2) is 4.79 Å². The molecule has 0 amide bonds. The summed E-state index contributed by atoms with van der Waals surface area (Å²) in [5, 5.41) is 0. The minimum absolute atomic E-state index is 0. The quantitative estimate of drug-likeness (QED) is 0.443. The summed E-state index contributed by atoms with van der Waals surface area (Å²) >= 11 is 0. The van der Waals surface area contributed by atoms with Crippen LogP contribution in [0.3, 0.4) is 0 Å². The van der Waals surface area contributed by atoms with Gasteiger partial charge in [-0.05, 0) is 18.2 Å². The summed E-state index contributed by atoms with van der Waals surface area (Å²) in [6, 6.07) is 4.98. The van der Waals surface area contributed by atoms with Crippen molar-refractivity contribution in [1.82, 2.24) is 0 Å². The van der Waals surface area contributed by atoms with Crippen LogP contribution in [0, 0.1) is 0 Å². The molecule has 0 aromatic heterocycles. The molecule has 0 unspecified atom stereocenters. The summed E-state index contributed by atoms with van der Waals surface area (Å²) in [7, 11) is 7.22. The Bertz CT molecular complexity index is 424. The van der Waals surface area contributed by atoms with Crippen LogP contribution < -0.4 is 26.8 Å². The first-order valence-electron chi connectivity index (χ1n) is 6.26. The molecule has 20 heavy (non-hydrogen) atoms. The zero-order valence-corrected chi connectivity index (χ0v) is 13.1. The molecule has 0 fully saturated rings. The molecule has 1 N–H and O–H groups in total. The molecule has 0 aliphatic rings. The summed E-state index contributed by atoms with van der Waals surface area (Å²) in [6.07, 6.45) is 0.849. The monoisotopic (exact) mass is 303 g/mol. The van der Waals surface area contributed by atoms with Gasteiger partial charge in [0.1, 0.15) is 0 Å². The van der Waals surface area contributed by atoms with E-state index >= 15 is 0 Å². The molecular weight excluding hydrogens is 282 g/mol. The van der Waals surface area contributed by atoms with Crippen molar-refractivity contribution >= 4 is 5.97 Å². The fourth-order valence-electron chi connectivity index (χ4n) is 1.64. The van der Waals surface area contributed by atoms with E-state index in [9.17, 15) is 4.79 Å². The number of hydrogen-bond acceptors (Lipinski definition) is 4. The van der Waals surface area contributed by atoms with E-state index in [2.05, 4.69) is 14.1 Å². The summed E-state index contributed by atoms with van der Waals surface area (Å²) < 4.78 is 15.5. The molecule has 0 aliphatic heterocycles. The maximum atomic E-state index is 11.8. The standard InChI is InChI=1S/C14H21NO4.ClH/c1-15(2)8-5-9-19-14(16)11-6-7-12(17-3)13(10-11)18-4;/h6-7,10H,5,8-9H2,1-4H3;1H. The highest BCUT2D eigenvalue weighted by atomic mass is 35.5. The van der Waals surface area contributed by atoms with Gasteiger partial charge in [-0.15, -0.1) is 0 Å². The van der Waals surface area contributed by atoms with E-state index < -0.39 is 0 Å². The van der Waals surface area contributed by atoms with Crippen molar-refractivity contribution in [3.05, 3.63) is 23.8 Å². The van der Waals surface area contributed by atoms with Gasteiger partial charge in [0.2, 0.25) is 0 Å². The maximum Gasteiger partial charge on any atom is 0.338 e. The molecule has 0 saturated heterocycles. The van der Waals surface area contributed by atoms with Crippen LogP contribution in [0.2, 0.25) is 0 Å². The van der Waals surface area contributed by atoms with Gasteiger partial charge in [-0.2, -0.15) is 0 Å². The van der Waals surface area contributed by atoms with E-state index in [-0.39, 0.29) is 18.4 Å². The van der Waals surface area contributed by atoms with Gasteiger partial charge in [0.15, 0.2) is 11.5 Å². The van der Waals surface area contributed by atoms with Crippen LogP contribution in [0.5, 0.6) is 11.5 Å². The molecule has 0 atom stereocenters. The van der Waals surface area contributed by atoms with E-state index in [1.54, 1.807) is 25.3 Å². The minimum atomic E-state index is -0.338. The first-order chi connectivity index (χ1) is 9.08. The van der Waals surface area contributed by atoms with Crippen LogP contribution in [-0.2, 0) is 4.74 Å². The van der Waals surface area contributed by atoms with Crippen molar-refractivity contribution in [1.29, 1.82) is 0 Å². The van der Waals surface area contributed by atoms with E-state index in [4.69, 9.17) is 14.2 Å². The highest BCUT2D eigenvalue weighted by molar-refractivity contribution is 5.90. The zero-order chi connectivity index (χ0) is 14.3. The van der Waals surface area contributed by atoms with Crippen LogP contribution in [0.15, 0.2) is 18.2 Å². The van der Waals surface area contributed by atoms with Crippen molar-refractivity contribution in [2.24, 2.45) is 0 Å². The Hall–Kier alpha value is -1.46. The molecule has 5 nitrogen and oxygen atoms in total. The second-order valence-corrected chi connectivity index (χ2v) is 4.52. The molecular formula is C14H22ClNO4. The first-order valence-corrected chi connectivity index (χ1v) is 6.26. The molecule has 1 rings (SSSR count). The number of methoxy groups -OCH3 is 2. The van der Waals surface area contributed by atoms with Crippen LogP contribution in [0.1, 0.15) is 16.8 Å². The van der Waals surface area contributed by atoms with E-state index in [0.29, 0.717) is 23.7 Å². The second-order valence-electron chi connectivity index (χ2n) is 4.52. The van der Waals surface area contributed by atoms with E-state index in [0.717, 1.165) is 13.0 Å². The Morgan fingerprint density at radius 2 is 1.80 bits per heavy atom. The van der Waals surface area contributed by atoms with Crippen molar-refractivity contribution in [3.8, 4) is 11.5 Å². The molecule has 0 spiro atoms. The van der Waals surface area contributed by atoms with Crippen molar-refractivity contribution in [2.45, 2.75) is 6.42 Å². The lowest BCUT2D eigenvalue weighted by Crippen LogP contribution is -3.05.